The minimum atomic E-state index is 0.145. The first kappa shape index (κ1) is 18.6. The number of nitrogens with one attached hydrogen (secondary N) is 1. The number of benzene rings is 1. The molecule has 1 heterocycles. The van der Waals surface area contributed by atoms with Crippen LogP contribution in [0, 0.1) is 0 Å². The molecule has 0 spiro atoms. The summed E-state index contributed by atoms with van der Waals surface area (Å²) in [5.74, 6) is 1.09. The molecule has 1 aromatic carbocycles. The van der Waals surface area contributed by atoms with Crippen LogP contribution in [0.5, 0.6) is 5.75 Å². The monoisotopic (exact) mass is 333 g/mol. The molecule has 1 fully saturated rings. The zero-order chi connectivity index (χ0) is 17.4. The Labute approximate surface area is 146 Å². The summed E-state index contributed by atoms with van der Waals surface area (Å²) in [6.07, 6.45) is 1.98. The summed E-state index contributed by atoms with van der Waals surface area (Å²) >= 11 is 0. The molecule has 24 heavy (non-hydrogen) atoms. The van der Waals surface area contributed by atoms with Crippen molar-refractivity contribution in [3.8, 4) is 5.75 Å². The number of piperazine rings is 1. The van der Waals surface area contributed by atoms with Gasteiger partial charge in [-0.3, -0.25) is 9.69 Å². The van der Waals surface area contributed by atoms with Gasteiger partial charge < -0.3 is 15.0 Å². The van der Waals surface area contributed by atoms with Gasteiger partial charge in [0.05, 0.1) is 18.8 Å². The first-order valence-electron chi connectivity index (χ1n) is 9.16. The number of ether oxygens (including phenoxy) is 1. The lowest BCUT2D eigenvalue weighted by Gasteiger charge is -2.36. The van der Waals surface area contributed by atoms with Crippen molar-refractivity contribution in [2.45, 2.75) is 39.7 Å². The molecule has 1 N–H and O–H groups in total. The maximum Gasteiger partial charge on any atom is 0.234 e. The molecule has 5 nitrogen and oxygen atoms in total. The minimum Gasteiger partial charge on any atom is -0.492 e. The second-order valence-corrected chi connectivity index (χ2v) is 6.24. The van der Waals surface area contributed by atoms with Crippen LogP contribution in [0.15, 0.2) is 24.3 Å². The molecular weight excluding hydrogens is 302 g/mol. The molecule has 2 rings (SSSR count). The number of nitrogens with zero attached hydrogens (tertiary/aromatic N) is 2. The van der Waals surface area contributed by atoms with Gasteiger partial charge in [-0.05, 0) is 31.9 Å². The van der Waals surface area contributed by atoms with E-state index in [1.165, 1.54) is 0 Å². The van der Waals surface area contributed by atoms with Crippen LogP contribution in [0.2, 0.25) is 0 Å². The number of hydrogen-bond donors (Lipinski definition) is 1. The van der Waals surface area contributed by atoms with Gasteiger partial charge in [0.25, 0.3) is 0 Å². The van der Waals surface area contributed by atoms with Crippen molar-refractivity contribution < 1.29 is 9.53 Å². The van der Waals surface area contributed by atoms with Crippen molar-refractivity contribution in [1.82, 2.24) is 10.2 Å². The van der Waals surface area contributed by atoms with Crippen LogP contribution in [-0.2, 0) is 4.79 Å². The highest BCUT2D eigenvalue weighted by Crippen LogP contribution is 2.28. The van der Waals surface area contributed by atoms with Crippen LogP contribution < -0.4 is 15.0 Å². The van der Waals surface area contributed by atoms with Gasteiger partial charge in [-0.15, -0.1) is 0 Å². The Bertz CT molecular complexity index is 509. The summed E-state index contributed by atoms with van der Waals surface area (Å²) in [6, 6.07) is 8.49. The number of rotatable bonds is 8. The van der Waals surface area contributed by atoms with Gasteiger partial charge in [0.15, 0.2) is 0 Å². The van der Waals surface area contributed by atoms with Gasteiger partial charge in [0.1, 0.15) is 5.75 Å². The van der Waals surface area contributed by atoms with E-state index in [9.17, 15) is 4.79 Å². The van der Waals surface area contributed by atoms with E-state index in [1.807, 2.05) is 25.1 Å². The molecule has 0 aromatic heterocycles. The molecule has 0 aliphatic carbocycles. The van der Waals surface area contributed by atoms with Crippen molar-refractivity contribution in [2.75, 3.05) is 44.2 Å². The van der Waals surface area contributed by atoms with Crippen LogP contribution in [0.25, 0.3) is 0 Å². The Kier molecular flexibility index (Phi) is 7.37. The molecule has 1 aliphatic heterocycles. The first-order chi connectivity index (χ1) is 11.7. The van der Waals surface area contributed by atoms with Crippen molar-refractivity contribution >= 4 is 11.6 Å². The smallest absolute Gasteiger partial charge is 0.234 e. The summed E-state index contributed by atoms with van der Waals surface area (Å²) < 4.78 is 5.73. The maximum atomic E-state index is 12.1. The van der Waals surface area contributed by atoms with Gasteiger partial charge in [-0.25, -0.2) is 0 Å². The molecule has 0 unspecified atom stereocenters. The third-order valence-electron chi connectivity index (χ3n) is 4.60. The quantitative estimate of drug-likeness (QED) is 0.794. The standard InChI is InChI=1S/C19H31N3O2/c1-4-16(5-2)20-19(23)15-21-11-13-22(14-12-21)17-9-7-8-10-18(17)24-6-3/h7-10,16H,4-6,11-15H2,1-3H3,(H,20,23). The van der Waals surface area contributed by atoms with Crippen LogP contribution in [0.3, 0.4) is 0 Å². The van der Waals surface area contributed by atoms with E-state index in [1.54, 1.807) is 0 Å². The molecule has 1 saturated heterocycles. The highest BCUT2D eigenvalue weighted by molar-refractivity contribution is 5.78. The fraction of sp³-hybridized carbons (Fsp3) is 0.632. The molecular formula is C19H31N3O2. The van der Waals surface area contributed by atoms with Crippen molar-refractivity contribution in [3.63, 3.8) is 0 Å². The SMILES string of the molecule is CCOc1ccccc1N1CCN(CC(=O)NC(CC)CC)CC1. The van der Waals surface area contributed by atoms with E-state index in [0.29, 0.717) is 19.2 Å². The third kappa shape index (κ3) is 5.13. The van der Waals surface area contributed by atoms with Crippen LogP contribution in [0.1, 0.15) is 33.6 Å². The average Bonchev–Trinajstić information content (AvgIpc) is 2.61. The normalized spacial score (nSPS) is 15.6. The van der Waals surface area contributed by atoms with E-state index in [0.717, 1.165) is 50.5 Å². The summed E-state index contributed by atoms with van der Waals surface area (Å²) in [7, 11) is 0. The summed E-state index contributed by atoms with van der Waals surface area (Å²) in [5, 5.41) is 3.12. The number of carbonyl (C=O) groups is 1. The fourth-order valence-corrected chi connectivity index (χ4v) is 3.11. The molecule has 5 heteroatoms. The summed E-state index contributed by atoms with van der Waals surface area (Å²) in [4.78, 5) is 16.7. The van der Waals surface area contributed by atoms with Crippen molar-refractivity contribution in [1.29, 1.82) is 0 Å². The molecule has 0 saturated carbocycles. The third-order valence-corrected chi connectivity index (χ3v) is 4.60. The summed E-state index contributed by atoms with van der Waals surface area (Å²) in [6.45, 7) is 11.0. The molecule has 1 amide bonds. The van der Waals surface area contributed by atoms with Gasteiger partial charge in [-0.1, -0.05) is 26.0 Å². The van der Waals surface area contributed by atoms with E-state index in [-0.39, 0.29) is 5.91 Å². The Hall–Kier alpha value is -1.75. The largest absolute Gasteiger partial charge is 0.492 e. The predicted octanol–water partition coefficient (Wildman–Crippen LogP) is 2.51. The highest BCUT2D eigenvalue weighted by Gasteiger charge is 2.21. The lowest BCUT2D eigenvalue weighted by molar-refractivity contribution is -0.123. The predicted molar refractivity (Wildman–Crippen MR) is 98.8 cm³/mol. The van der Waals surface area contributed by atoms with Gasteiger partial charge >= 0.3 is 0 Å². The molecule has 0 atom stereocenters. The Morgan fingerprint density at radius 2 is 1.79 bits per heavy atom. The van der Waals surface area contributed by atoms with Gasteiger partial charge in [-0.2, -0.15) is 0 Å². The van der Waals surface area contributed by atoms with Gasteiger partial charge in [0, 0.05) is 32.2 Å². The zero-order valence-electron chi connectivity index (χ0n) is 15.3. The summed E-state index contributed by atoms with van der Waals surface area (Å²) in [5.41, 5.74) is 1.15. The topological polar surface area (TPSA) is 44.8 Å². The number of para-hydroxylation sites is 2. The van der Waals surface area contributed by atoms with Crippen molar-refractivity contribution in [3.05, 3.63) is 24.3 Å². The van der Waals surface area contributed by atoms with E-state index < -0.39 is 0 Å². The molecule has 134 valence electrons. The Balaban J connectivity index is 1.84. The lowest BCUT2D eigenvalue weighted by atomic mass is 10.2. The maximum absolute atomic E-state index is 12.1. The molecule has 1 aliphatic rings. The van der Waals surface area contributed by atoms with Crippen molar-refractivity contribution in [2.24, 2.45) is 0 Å². The Morgan fingerprint density at radius 1 is 1.12 bits per heavy atom. The molecule has 0 bridgehead atoms. The number of anilines is 1. The molecule has 1 aromatic rings. The van der Waals surface area contributed by atoms with E-state index >= 15 is 0 Å². The first-order valence-corrected chi connectivity index (χ1v) is 9.16. The fourth-order valence-electron chi connectivity index (χ4n) is 3.11. The van der Waals surface area contributed by atoms with E-state index in [4.69, 9.17) is 4.74 Å². The van der Waals surface area contributed by atoms with Crippen LogP contribution in [-0.4, -0.2) is 56.2 Å². The lowest BCUT2D eigenvalue weighted by Crippen LogP contribution is -2.50. The second kappa shape index (κ2) is 9.52. The number of amides is 1. The van der Waals surface area contributed by atoms with Crippen LogP contribution >= 0.6 is 0 Å². The molecule has 0 radical (unpaired) electrons. The highest BCUT2D eigenvalue weighted by atomic mass is 16.5. The minimum absolute atomic E-state index is 0.145. The average molecular weight is 333 g/mol. The zero-order valence-corrected chi connectivity index (χ0v) is 15.3. The second-order valence-electron chi connectivity index (χ2n) is 6.24. The Morgan fingerprint density at radius 3 is 2.42 bits per heavy atom. The van der Waals surface area contributed by atoms with Gasteiger partial charge in [0.2, 0.25) is 5.91 Å². The van der Waals surface area contributed by atoms with E-state index in [2.05, 4.69) is 35.0 Å². The number of carbonyl (C=O) groups excluding carboxylic acids is 1. The van der Waals surface area contributed by atoms with Crippen LogP contribution in [0.4, 0.5) is 5.69 Å². The number of hydrogen-bond acceptors (Lipinski definition) is 4.